The van der Waals surface area contributed by atoms with Crippen LogP contribution in [0.3, 0.4) is 0 Å². The number of anilines is 1. The highest BCUT2D eigenvalue weighted by Crippen LogP contribution is 2.16. The van der Waals surface area contributed by atoms with Gasteiger partial charge >= 0.3 is 12.0 Å². The predicted octanol–water partition coefficient (Wildman–Crippen LogP) is 1.28. The molecule has 0 spiro atoms. The lowest BCUT2D eigenvalue weighted by atomic mass is 10.2. The number of rotatable bonds is 3. The molecule has 0 radical (unpaired) electrons. The third-order valence-corrected chi connectivity index (χ3v) is 1.81. The van der Waals surface area contributed by atoms with Crippen molar-refractivity contribution in [3.05, 3.63) is 29.6 Å². The SMILES string of the molecule is C#CCNC(=O)Nc1ccc(F)cc1C(=O)O. The van der Waals surface area contributed by atoms with E-state index in [1.807, 2.05) is 0 Å². The molecule has 0 saturated carbocycles. The molecule has 0 aromatic heterocycles. The minimum atomic E-state index is -1.34. The number of amides is 2. The average Bonchev–Trinajstić information content (AvgIpc) is 2.28. The van der Waals surface area contributed by atoms with Gasteiger partial charge in [0, 0.05) is 0 Å². The van der Waals surface area contributed by atoms with Crippen LogP contribution in [0.1, 0.15) is 10.4 Å². The summed E-state index contributed by atoms with van der Waals surface area (Å²) in [6, 6.07) is 2.37. The Morgan fingerprint density at radius 1 is 1.47 bits per heavy atom. The molecule has 1 rings (SSSR count). The molecule has 0 saturated heterocycles. The minimum Gasteiger partial charge on any atom is -0.478 e. The van der Waals surface area contributed by atoms with E-state index in [1.54, 1.807) is 0 Å². The molecule has 0 aliphatic heterocycles. The Bertz CT molecular complexity index is 494. The number of carbonyl (C=O) groups excluding carboxylic acids is 1. The Kier molecular flexibility index (Phi) is 4.06. The maximum absolute atomic E-state index is 12.8. The second kappa shape index (κ2) is 5.51. The number of benzene rings is 1. The maximum atomic E-state index is 12.8. The van der Waals surface area contributed by atoms with Crippen molar-refractivity contribution in [3.63, 3.8) is 0 Å². The molecule has 5 nitrogen and oxygen atoms in total. The van der Waals surface area contributed by atoms with E-state index in [4.69, 9.17) is 11.5 Å². The minimum absolute atomic E-state index is 0.00609. The highest BCUT2D eigenvalue weighted by atomic mass is 19.1. The van der Waals surface area contributed by atoms with Gasteiger partial charge in [-0.05, 0) is 18.2 Å². The molecular weight excluding hydrogens is 227 g/mol. The van der Waals surface area contributed by atoms with Crippen LogP contribution in [0.25, 0.3) is 0 Å². The van der Waals surface area contributed by atoms with Crippen LogP contribution in [0.2, 0.25) is 0 Å². The number of carboxylic acids is 1. The molecule has 1 aromatic rings. The molecule has 0 atom stereocenters. The molecule has 2 amide bonds. The summed E-state index contributed by atoms with van der Waals surface area (Å²) in [5.41, 5.74) is -0.339. The molecule has 0 unspecified atom stereocenters. The summed E-state index contributed by atoms with van der Waals surface area (Å²) in [6.07, 6.45) is 4.93. The second-order valence-corrected chi connectivity index (χ2v) is 3.01. The molecule has 0 heterocycles. The zero-order valence-electron chi connectivity index (χ0n) is 8.66. The second-order valence-electron chi connectivity index (χ2n) is 3.01. The van der Waals surface area contributed by atoms with Crippen molar-refractivity contribution in [3.8, 4) is 12.3 Å². The summed E-state index contributed by atoms with van der Waals surface area (Å²) in [4.78, 5) is 22.0. The quantitative estimate of drug-likeness (QED) is 0.692. The number of halogens is 1. The summed E-state index contributed by atoms with van der Waals surface area (Å²) >= 11 is 0. The number of hydrogen-bond donors (Lipinski definition) is 3. The van der Waals surface area contributed by atoms with E-state index >= 15 is 0 Å². The summed E-state index contributed by atoms with van der Waals surface area (Å²) in [5.74, 6) is 0.149. The average molecular weight is 236 g/mol. The first-order valence-electron chi connectivity index (χ1n) is 4.55. The van der Waals surface area contributed by atoms with Crippen LogP contribution in [0, 0.1) is 18.2 Å². The molecule has 0 bridgehead atoms. The molecule has 6 heteroatoms. The highest BCUT2D eigenvalue weighted by molar-refractivity contribution is 6.00. The molecule has 0 aliphatic rings. The van der Waals surface area contributed by atoms with Gasteiger partial charge in [0.05, 0.1) is 17.8 Å². The first-order chi connectivity index (χ1) is 8.04. The van der Waals surface area contributed by atoms with Gasteiger partial charge in [-0.1, -0.05) is 5.92 Å². The van der Waals surface area contributed by atoms with Gasteiger partial charge in [0.1, 0.15) is 5.82 Å². The van der Waals surface area contributed by atoms with Crippen molar-refractivity contribution in [1.82, 2.24) is 5.32 Å². The van der Waals surface area contributed by atoms with Crippen molar-refractivity contribution < 1.29 is 19.1 Å². The van der Waals surface area contributed by atoms with E-state index in [0.29, 0.717) is 0 Å². The molecule has 0 fully saturated rings. The van der Waals surface area contributed by atoms with E-state index in [2.05, 4.69) is 16.6 Å². The monoisotopic (exact) mass is 236 g/mol. The summed E-state index contributed by atoms with van der Waals surface area (Å²) in [7, 11) is 0. The molecular formula is C11H9FN2O3. The first-order valence-corrected chi connectivity index (χ1v) is 4.55. The fraction of sp³-hybridized carbons (Fsp3) is 0.0909. The van der Waals surface area contributed by atoms with E-state index in [-0.39, 0.29) is 17.8 Å². The third kappa shape index (κ3) is 3.50. The van der Waals surface area contributed by atoms with Gasteiger partial charge in [-0.25, -0.2) is 14.0 Å². The highest BCUT2D eigenvalue weighted by Gasteiger charge is 2.13. The zero-order chi connectivity index (χ0) is 12.8. The normalized spacial score (nSPS) is 9.18. The molecule has 17 heavy (non-hydrogen) atoms. The van der Waals surface area contributed by atoms with Crippen LogP contribution in [0.15, 0.2) is 18.2 Å². The lowest BCUT2D eigenvalue weighted by molar-refractivity contribution is 0.0697. The number of terminal acetylenes is 1. The third-order valence-electron chi connectivity index (χ3n) is 1.81. The topological polar surface area (TPSA) is 78.4 Å². The Morgan fingerprint density at radius 3 is 2.76 bits per heavy atom. The number of carboxylic acid groups (broad SMARTS) is 1. The number of urea groups is 1. The number of hydrogen-bond acceptors (Lipinski definition) is 2. The Morgan fingerprint density at radius 2 is 2.18 bits per heavy atom. The number of nitrogens with one attached hydrogen (secondary N) is 2. The standard InChI is InChI=1S/C11H9FN2O3/c1-2-5-13-11(17)14-9-4-3-7(12)6-8(9)10(15)16/h1,3-4,6H,5H2,(H,15,16)(H2,13,14,17). The molecule has 0 aliphatic carbocycles. The van der Waals surface area contributed by atoms with E-state index in [1.165, 1.54) is 0 Å². The van der Waals surface area contributed by atoms with Gasteiger partial charge in [0.15, 0.2) is 0 Å². The van der Waals surface area contributed by atoms with Crippen molar-refractivity contribution in [2.45, 2.75) is 0 Å². The van der Waals surface area contributed by atoms with Crippen LogP contribution in [0.4, 0.5) is 14.9 Å². The van der Waals surface area contributed by atoms with Crippen molar-refractivity contribution in [1.29, 1.82) is 0 Å². The van der Waals surface area contributed by atoms with Crippen LogP contribution in [0.5, 0.6) is 0 Å². The lowest BCUT2D eigenvalue weighted by Gasteiger charge is -2.08. The number of aromatic carboxylic acids is 1. The van der Waals surface area contributed by atoms with Crippen molar-refractivity contribution in [2.24, 2.45) is 0 Å². The van der Waals surface area contributed by atoms with Gasteiger partial charge < -0.3 is 15.7 Å². The zero-order valence-corrected chi connectivity index (χ0v) is 8.66. The van der Waals surface area contributed by atoms with Crippen molar-refractivity contribution >= 4 is 17.7 Å². The smallest absolute Gasteiger partial charge is 0.337 e. The van der Waals surface area contributed by atoms with E-state index in [9.17, 15) is 14.0 Å². The summed E-state index contributed by atoms with van der Waals surface area (Å²) < 4.78 is 12.8. The number of carbonyl (C=O) groups is 2. The van der Waals surface area contributed by atoms with Crippen LogP contribution < -0.4 is 10.6 Å². The molecule has 1 aromatic carbocycles. The van der Waals surface area contributed by atoms with Gasteiger partial charge in [-0.15, -0.1) is 6.42 Å². The molecule has 3 N–H and O–H groups in total. The molecule has 88 valence electrons. The van der Waals surface area contributed by atoms with Gasteiger partial charge in [0.25, 0.3) is 0 Å². The maximum Gasteiger partial charge on any atom is 0.337 e. The van der Waals surface area contributed by atoms with Gasteiger partial charge in [-0.2, -0.15) is 0 Å². The Labute approximate surface area is 96.6 Å². The van der Waals surface area contributed by atoms with Crippen LogP contribution >= 0.6 is 0 Å². The Hall–Kier alpha value is -2.55. The first kappa shape index (κ1) is 12.5. The van der Waals surface area contributed by atoms with Gasteiger partial charge in [0.2, 0.25) is 0 Å². The van der Waals surface area contributed by atoms with E-state index < -0.39 is 17.8 Å². The fourth-order valence-corrected chi connectivity index (χ4v) is 1.10. The lowest BCUT2D eigenvalue weighted by Crippen LogP contribution is -2.29. The van der Waals surface area contributed by atoms with E-state index in [0.717, 1.165) is 18.2 Å². The fourth-order valence-electron chi connectivity index (χ4n) is 1.10. The van der Waals surface area contributed by atoms with Crippen LogP contribution in [-0.4, -0.2) is 23.7 Å². The van der Waals surface area contributed by atoms with Crippen LogP contribution in [-0.2, 0) is 0 Å². The largest absolute Gasteiger partial charge is 0.478 e. The predicted molar refractivity (Wildman–Crippen MR) is 59.2 cm³/mol. The van der Waals surface area contributed by atoms with Crippen molar-refractivity contribution in [2.75, 3.05) is 11.9 Å². The Balaban J connectivity index is 2.87. The summed E-state index contributed by atoms with van der Waals surface area (Å²) in [6.45, 7) is 0.00936. The van der Waals surface area contributed by atoms with Gasteiger partial charge in [-0.3, -0.25) is 0 Å². The summed E-state index contributed by atoms with van der Waals surface area (Å²) in [5, 5.41) is 13.4.